The maximum Gasteiger partial charge on any atom is 0.260 e. The summed E-state index contributed by atoms with van der Waals surface area (Å²) in [4.78, 5) is 32.9. The maximum atomic E-state index is 12.5. The van der Waals surface area contributed by atoms with Gasteiger partial charge in [-0.05, 0) is 54.5 Å². The van der Waals surface area contributed by atoms with Gasteiger partial charge in [0, 0.05) is 45.0 Å². The van der Waals surface area contributed by atoms with E-state index in [4.69, 9.17) is 4.74 Å². The fourth-order valence-corrected chi connectivity index (χ4v) is 4.35. The number of para-hydroxylation sites is 1. The number of hydrogen-bond donors (Lipinski definition) is 0. The molecule has 2 fully saturated rings. The SMILES string of the molecule is O=C(COc1ccccc1)N1CCC2(CCC(=O)N(Cc3ccncc3)C2)CC1. The average molecular weight is 393 g/mol. The quantitative estimate of drug-likeness (QED) is 0.784. The largest absolute Gasteiger partial charge is 0.484 e. The van der Waals surface area contributed by atoms with Crippen LogP contribution < -0.4 is 4.74 Å². The number of carbonyl (C=O) groups is 2. The molecule has 2 aliphatic rings. The summed E-state index contributed by atoms with van der Waals surface area (Å²) in [7, 11) is 0. The minimum Gasteiger partial charge on any atom is -0.484 e. The summed E-state index contributed by atoms with van der Waals surface area (Å²) >= 11 is 0. The molecule has 1 aromatic carbocycles. The number of aromatic nitrogens is 1. The Labute approximate surface area is 171 Å². The van der Waals surface area contributed by atoms with Gasteiger partial charge < -0.3 is 14.5 Å². The van der Waals surface area contributed by atoms with Gasteiger partial charge in [-0.15, -0.1) is 0 Å². The highest BCUT2D eigenvalue weighted by Crippen LogP contribution is 2.40. The molecule has 0 aliphatic carbocycles. The van der Waals surface area contributed by atoms with Crippen molar-refractivity contribution in [2.45, 2.75) is 32.2 Å². The van der Waals surface area contributed by atoms with Crippen LogP contribution in [-0.4, -0.2) is 52.8 Å². The topological polar surface area (TPSA) is 62.7 Å². The second-order valence-electron chi connectivity index (χ2n) is 8.09. The molecule has 6 heteroatoms. The molecular formula is C23H27N3O3. The Morgan fingerprint density at radius 1 is 1.03 bits per heavy atom. The molecule has 0 unspecified atom stereocenters. The van der Waals surface area contributed by atoms with Crippen LogP contribution in [0.1, 0.15) is 31.2 Å². The Kier molecular flexibility index (Phi) is 5.79. The molecule has 2 aliphatic heterocycles. The molecule has 2 amide bonds. The van der Waals surface area contributed by atoms with Gasteiger partial charge in [-0.3, -0.25) is 14.6 Å². The fourth-order valence-electron chi connectivity index (χ4n) is 4.35. The lowest BCUT2D eigenvalue weighted by Crippen LogP contribution is -2.52. The van der Waals surface area contributed by atoms with E-state index in [1.807, 2.05) is 52.3 Å². The van der Waals surface area contributed by atoms with Gasteiger partial charge in [0.05, 0.1) is 0 Å². The first-order valence-corrected chi connectivity index (χ1v) is 10.3. The summed E-state index contributed by atoms with van der Waals surface area (Å²) in [5, 5.41) is 0. The molecule has 152 valence electrons. The molecule has 29 heavy (non-hydrogen) atoms. The molecular weight excluding hydrogens is 366 g/mol. The highest BCUT2D eigenvalue weighted by atomic mass is 16.5. The third-order valence-corrected chi connectivity index (χ3v) is 6.15. The molecule has 6 nitrogen and oxygen atoms in total. The predicted molar refractivity (Wildman–Crippen MR) is 109 cm³/mol. The molecule has 2 aromatic rings. The summed E-state index contributed by atoms with van der Waals surface area (Å²) in [5.41, 5.74) is 1.23. The van der Waals surface area contributed by atoms with Gasteiger partial charge in [-0.25, -0.2) is 0 Å². The molecule has 3 heterocycles. The summed E-state index contributed by atoms with van der Waals surface area (Å²) < 4.78 is 5.61. The molecule has 0 bridgehead atoms. The highest BCUT2D eigenvalue weighted by molar-refractivity contribution is 5.78. The Balaban J connectivity index is 1.30. The Bertz CT molecular complexity index is 833. The van der Waals surface area contributed by atoms with E-state index in [0.29, 0.717) is 18.7 Å². The number of piperidine rings is 2. The van der Waals surface area contributed by atoms with Gasteiger partial charge in [0.2, 0.25) is 5.91 Å². The van der Waals surface area contributed by atoms with Crippen molar-refractivity contribution >= 4 is 11.8 Å². The Morgan fingerprint density at radius 2 is 1.76 bits per heavy atom. The van der Waals surface area contributed by atoms with Crippen molar-refractivity contribution < 1.29 is 14.3 Å². The summed E-state index contributed by atoms with van der Waals surface area (Å²) in [6, 6.07) is 13.3. The first-order valence-electron chi connectivity index (χ1n) is 10.3. The van der Waals surface area contributed by atoms with Crippen molar-refractivity contribution in [2.24, 2.45) is 5.41 Å². The van der Waals surface area contributed by atoms with E-state index in [-0.39, 0.29) is 23.8 Å². The Hall–Kier alpha value is -2.89. The number of carbonyl (C=O) groups excluding carboxylic acids is 2. The van der Waals surface area contributed by atoms with Crippen molar-refractivity contribution in [1.29, 1.82) is 0 Å². The predicted octanol–water partition coefficient (Wildman–Crippen LogP) is 2.89. The summed E-state index contributed by atoms with van der Waals surface area (Å²) in [6.45, 7) is 2.94. The van der Waals surface area contributed by atoms with Crippen molar-refractivity contribution in [3.05, 3.63) is 60.4 Å². The van der Waals surface area contributed by atoms with Gasteiger partial charge in [0.1, 0.15) is 5.75 Å². The average Bonchev–Trinajstić information content (AvgIpc) is 2.77. The first kappa shape index (κ1) is 19.4. The van der Waals surface area contributed by atoms with Crippen LogP contribution in [0.4, 0.5) is 0 Å². The number of nitrogens with zero attached hydrogens (tertiary/aromatic N) is 3. The molecule has 0 radical (unpaired) electrons. The molecule has 1 aromatic heterocycles. The zero-order chi connectivity index (χ0) is 20.1. The van der Waals surface area contributed by atoms with E-state index in [2.05, 4.69) is 4.98 Å². The zero-order valence-corrected chi connectivity index (χ0v) is 16.6. The third kappa shape index (κ3) is 4.75. The molecule has 0 saturated carbocycles. The van der Waals surface area contributed by atoms with E-state index in [1.165, 1.54) is 0 Å². The van der Waals surface area contributed by atoms with Crippen LogP contribution in [0.25, 0.3) is 0 Å². The fraction of sp³-hybridized carbons (Fsp3) is 0.435. The van der Waals surface area contributed by atoms with Gasteiger partial charge >= 0.3 is 0 Å². The van der Waals surface area contributed by atoms with Crippen molar-refractivity contribution in [1.82, 2.24) is 14.8 Å². The molecule has 4 rings (SSSR count). The lowest BCUT2D eigenvalue weighted by Gasteiger charge is -2.47. The highest BCUT2D eigenvalue weighted by Gasteiger charge is 2.41. The minimum absolute atomic E-state index is 0.0317. The van der Waals surface area contributed by atoms with Gasteiger partial charge in [-0.2, -0.15) is 0 Å². The third-order valence-electron chi connectivity index (χ3n) is 6.15. The van der Waals surface area contributed by atoms with Crippen LogP contribution in [0, 0.1) is 5.41 Å². The number of likely N-dealkylation sites (tertiary alicyclic amines) is 2. The van der Waals surface area contributed by atoms with Crippen molar-refractivity contribution in [3.63, 3.8) is 0 Å². The standard InChI is InChI=1S/C23H27N3O3/c27-21-6-9-23(18-26(21)16-19-7-12-24-13-8-19)10-14-25(15-11-23)22(28)17-29-20-4-2-1-3-5-20/h1-5,7-8,12-13H,6,9-11,14-18H2. The van der Waals surface area contributed by atoms with Crippen LogP contribution >= 0.6 is 0 Å². The van der Waals surface area contributed by atoms with Crippen LogP contribution in [0.15, 0.2) is 54.9 Å². The van der Waals surface area contributed by atoms with Crippen LogP contribution in [-0.2, 0) is 16.1 Å². The lowest BCUT2D eigenvalue weighted by atomic mass is 9.72. The monoisotopic (exact) mass is 393 g/mol. The van der Waals surface area contributed by atoms with Crippen LogP contribution in [0.2, 0.25) is 0 Å². The van der Waals surface area contributed by atoms with Crippen molar-refractivity contribution in [3.8, 4) is 5.75 Å². The van der Waals surface area contributed by atoms with E-state index in [9.17, 15) is 9.59 Å². The number of benzene rings is 1. The number of ether oxygens (including phenoxy) is 1. The zero-order valence-electron chi connectivity index (χ0n) is 16.6. The molecule has 0 atom stereocenters. The smallest absolute Gasteiger partial charge is 0.260 e. The van der Waals surface area contributed by atoms with E-state index in [1.54, 1.807) is 12.4 Å². The van der Waals surface area contributed by atoms with Gasteiger partial charge in [0.25, 0.3) is 5.91 Å². The van der Waals surface area contributed by atoms with Crippen LogP contribution in [0.5, 0.6) is 5.75 Å². The molecule has 2 saturated heterocycles. The van der Waals surface area contributed by atoms with Crippen molar-refractivity contribution in [2.75, 3.05) is 26.2 Å². The van der Waals surface area contributed by atoms with E-state index >= 15 is 0 Å². The normalized spacial score (nSPS) is 18.7. The second-order valence-corrected chi connectivity index (χ2v) is 8.09. The molecule has 0 N–H and O–H groups in total. The maximum absolute atomic E-state index is 12.5. The first-order chi connectivity index (χ1) is 14.1. The summed E-state index contributed by atoms with van der Waals surface area (Å²) in [6.07, 6.45) is 6.91. The summed E-state index contributed by atoms with van der Waals surface area (Å²) in [5.74, 6) is 0.971. The number of hydrogen-bond acceptors (Lipinski definition) is 4. The van der Waals surface area contributed by atoms with Gasteiger partial charge in [-0.1, -0.05) is 18.2 Å². The minimum atomic E-state index is 0.0317. The van der Waals surface area contributed by atoms with E-state index in [0.717, 1.165) is 44.5 Å². The number of amides is 2. The lowest BCUT2D eigenvalue weighted by molar-refractivity contribution is -0.143. The molecule has 1 spiro atoms. The van der Waals surface area contributed by atoms with Crippen LogP contribution in [0.3, 0.4) is 0 Å². The number of pyridine rings is 1. The number of rotatable bonds is 5. The van der Waals surface area contributed by atoms with Gasteiger partial charge in [0.15, 0.2) is 6.61 Å². The second kappa shape index (κ2) is 8.64. The van der Waals surface area contributed by atoms with E-state index < -0.39 is 0 Å². The Morgan fingerprint density at radius 3 is 2.48 bits per heavy atom.